The first-order valence-corrected chi connectivity index (χ1v) is 4.85. The average molecular weight is 222 g/mol. The van der Waals surface area contributed by atoms with Crippen LogP contribution in [-0.4, -0.2) is 32.1 Å². The van der Waals surface area contributed by atoms with Crippen LogP contribution in [-0.2, 0) is 14.3 Å². The highest BCUT2D eigenvalue weighted by molar-refractivity contribution is 5.84. The van der Waals surface area contributed by atoms with Crippen molar-refractivity contribution in [2.75, 3.05) is 25.5 Å². The molecule has 1 rings (SSSR count). The topological polar surface area (TPSA) is 67.4 Å². The summed E-state index contributed by atoms with van der Waals surface area (Å²) in [6, 6.07) is 9.34. The molecule has 0 atom stereocenters. The van der Waals surface area contributed by atoms with Crippen molar-refractivity contribution in [3.63, 3.8) is 0 Å². The Kier molecular flexibility index (Phi) is 4.85. The summed E-state index contributed by atoms with van der Waals surface area (Å²) in [5, 5.41) is 5.35. The number of hydrogen-bond acceptors (Lipinski definition) is 4. The maximum absolute atomic E-state index is 11.3. The fourth-order valence-corrected chi connectivity index (χ4v) is 1.04. The second kappa shape index (κ2) is 6.44. The second-order valence-electron chi connectivity index (χ2n) is 3.07. The molecule has 86 valence electrons. The van der Waals surface area contributed by atoms with Crippen molar-refractivity contribution in [1.82, 2.24) is 5.32 Å². The molecular formula is C11H14N2O3. The number of amides is 1. The highest BCUT2D eigenvalue weighted by atomic mass is 16.5. The van der Waals surface area contributed by atoms with E-state index in [0.717, 1.165) is 5.69 Å². The molecule has 2 N–H and O–H groups in total. The molecule has 0 spiro atoms. The molecule has 0 saturated carbocycles. The number of para-hydroxylation sites is 1. The molecule has 1 aromatic carbocycles. The van der Waals surface area contributed by atoms with Gasteiger partial charge in [-0.3, -0.25) is 9.59 Å². The minimum atomic E-state index is -0.465. The Bertz CT molecular complexity index is 352. The van der Waals surface area contributed by atoms with Gasteiger partial charge in [0.2, 0.25) is 5.91 Å². The Morgan fingerprint density at radius 2 is 1.88 bits per heavy atom. The Hall–Kier alpha value is -2.04. The van der Waals surface area contributed by atoms with Gasteiger partial charge in [-0.05, 0) is 12.1 Å². The predicted octanol–water partition coefficient (Wildman–Crippen LogP) is 0.388. The van der Waals surface area contributed by atoms with Crippen molar-refractivity contribution >= 4 is 17.6 Å². The highest BCUT2D eigenvalue weighted by Crippen LogP contribution is 2.03. The van der Waals surface area contributed by atoms with E-state index in [2.05, 4.69) is 15.4 Å². The molecule has 5 nitrogen and oxygen atoms in total. The van der Waals surface area contributed by atoms with Crippen LogP contribution in [0.3, 0.4) is 0 Å². The molecule has 0 aliphatic carbocycles. The second-order valence-corrected chi connectivity index (χ2v) is 3.07. The third-order valence-electron chi connectivity index (χ3n) is 1.88. The fourth-order valence-electron chi connectivity index (χ4n) is 1.04. The first kappa shape index (κ1) is 12.0. The Balaban J connectivity index is 2.23. The van der Waals surface area contributed by atoms with E-state index in [1.165, 1.54) is 7.11 Å². The molecule has 0 bridgehead atoms. The number of carbonyl (C=O) groups excluding carboxylic acids is 2. The lowest BCUT2D eigenvalue weighted by atomic mass is 10.3. The summed E-state index contributed by atoms with van der Waals surface area (Å²) in [5.74, 6) is -0.720. The standard InChI is InChI=1S/C11H14N2O3/c1-16-11(15)8-13-10(14)7-12-9-5-3-2-4-6-9/h2-6,12H,7-8H2,1H3,(H,13,14). The zero-order chi connectivity index (χ0) is 11.8. The van der Waals surface area contributed by atoms with Gasteiger partial charge in [-0.15, -0.1) is 0 Å². The van der Waals surface area contributed by atoms with Crippen LogP contribution in [0.15, 0.2) is 30.3 Å². The zero-order valence-corrected chi connectivity index (χ0v) is 9.03. The monoisotopic (exact) mass is 222 g/mol. The molecule has 0 unspecified atom stereocenters. The van der Waals surface area contributed by atoms with Crippen LogP contribution >= 0.6 is 0 Å². The summed E-state index contributed by atoms with van der Waals surface area (Å²) in [6.07, 6.45) is 0. The number of carbonyl (C=O) groups is 2. The van der Waals surface area contributed by atoms with E-state index in [9.17, 15) is 9.59 Å². The summed E-state index contributed by atoms with van der Waals surface area (Å²) in [6.45, 7) is 0.0206. The molecule has 16 heavy (non-hydrogen) atoms. The molecule has 1 aromatic rings. The van der Waals surface area contributed by atoms with Crippen molar-refractivity contribution in [2.45, 2.75) is 0 Å². The van der Waals surface area contributed by atoms with E-state index < -0.39 is 5.97 Å². The molecule has 0 saturated heterocycles. The van der Waals surface area contributed by atoms with Crippen LogP contribution in [0.4, 0.5) is 5.69 Å². The number of benzene rings is 1. The maximum Gasteiger partial charge on any atom is 0.325 e. The largest absolute Gasteiger partial charge is 0.468 e. The van der Waals surface area contributed by atoms with Crippen molar-refractivity contribution in [1.29, 1.82) is 0 Å². The van der Waals surface area contributed by atoms with Gasteiger partial charge in [0.1, 0.15) is 6.54 Å². The number of esters is 1. The summed E-state index contributed by atoms with van der Waals surface area (Å²) >= 11 is 0. The minimum Gasteiger partial charge on any atom is -0.468 e. The van der Waals surface area contributed by atoms with Crippen LogP contribution in [0, 0.1) is 0 Å². The summed E-state index contributed by atoms with van der Waals surface area (Å²) in [5.41, 5.74) is 0.857. The van der Waals surface area contributed by atoms with Crippen LogP contribution < -0.4 is 10.6 Å². The van der Waals surface area contributed by atoms with E-state index in [1.54, 1.807) is 0 Å². The van der Waals surface area contributed by atoms with Gasteiger partial charge in [-0.1, -0.05) is 18.2 Å². The number of hydrogen-bond donors (Lipinski definition) is 2. The van der Waals surface area contributed by atoms with Crippen molar-refractivity contribution in [2.24, 2.45) is 0 Å². The average Bonchev–Trinajstić information content (AvgIpc) is 2.34. The lowest BCUT2D eigenvalue weighted by Gasteiger charge is -2.06. The molecular weight excluding hydrogens is 208 g/mol. The Morgan fingerprint density at radius 3 is 2.50 bits per heavy atom. The van der Waals surface area contributed by atoms with E-state index in [0.29, 0.717) is 0 Å². The lowest BCUT2D eigenvalue weighted by molar-refractivity contribution is -0.140. The van der Waals surface area contributed by atoms with E-state index >= 15 is 0 Å². The number of nitrogens with one attached hydrogen (secondary N) is 2. The molecule has 1 amide bonds. The van der Waals surface area contributed by atoms with Gasteiger partial charge < -0.3 is 15.4 Å². The van der Waals surface area contributed by atoms with Gasteiger partial charge in [0.15, 0.2) is 0 Å². The number of ether oxygens (including phenoxy) is 1. The summed E-state index contributed by atoms with van der Waals surface area (Å²) in [7, 11) is 1.27. The third kappa shape index (κ3) is 4.45. The van der Waals surface area contributed by atoms with Crippen LogP contribution in [0.5, 0.6) is 0 Å². The third-order valence-corrected chi connectivity index (χ3v) is 1.88. The minimum absolute atomic E-state index is 0.105. The predicted molar refractivity (Wildman–Crippen MR) is 60.0 cm³/mol. The molecule has 0 aliphatic heterocycles. The van der Waals surface area contributed by atoms with Crippen molar-refractivity contribution < 1.29 is 14.3 Å². The SMILES string of the molecule is COC(=O)CNC(=O)CNc1ccccc1. The number of methoxy groups -OCH3 is 1. The van der Waals surface area contributed by atoms with Crippen molar-refractivity contribution in [3.8, 4) is 0 Å². The molecule has 0 heterocycles. The molecule has 0 aliphatic rings. The Labute approximate surface area is 93.8 Å². The Morgan fingerprint density at radius 1 is 1.19 bits per heavy atom. The number of anilines is 1. The molecule has 0 radical (unpaired) electrons. The number of rotatable bonds is 5. The van der Waals surface area contributed by atoms with Gasteiger partial charge in [-0.25, -0.2) is 0 Å². The van der Waals surface area contributed by atoms with E-state index in [-0.39, 0.29) is 19.0 Å². The van der Waals surface area contributed by atoms with Crippen LogP contribution in [0.2, 0.25) is 0 Å². The van der Waals surface area contributed by atoms with Gasteiger partial charge in [0.05, 0.1) is 13.7 Å². The van der Waals surface area contributed by atoms with Crippen LogP contribution in [0.1, 0.15) is 0 Å². The molecule has 0 aromatic heterocycles. The first-order valence-electron chi connectivity index (χ1n) is 4.85. The molecule has 5 heteroatoms. The normalized spacial score (nSPS) is 9.31. The highest BCUT2D eigenvalue weighted by Gasteiger charge is 2.04. The van der Waals surface area contributed by atoms with E-state index in [4.69, 9.17) is 0 Å². The fraction of sp³-hybridized carbons (Fsp3) is 0.273. The quantitative estimate of drug-likeness (QED) is 0.707. The van der Waals surface area contributed by atoms with Gasteiger partial charge >= 0.3 is 5.97 Å². The molecule has 0 fully saturated rings. The van der Waals surface area contributed by atoms with Crippen molar-refractivity contribution in [3.05, 3.63) is 30.3 Å². The maximum atomic E-state index is 11.3. The van der Waals surface area contributed by atoms with Gasteiger partial charge in [-0.2, -0.15) is 0 Å². The van der Waals surface area contributed by atoms with Gasteiger partial charge in [0, 0.05) is 5.69 Å². The van der Waals surface area contributed by atoms with Gasteiger partial charge in [0.25, 0.3) is 0 Å². The zero-order valence-electron chi connectivity index (χ0n) is 9.03. The lowest BCUT2D eigenvalue weighted by Crippen LogP contribution is -2.34. The first-order chi connectivity index (χ1) is 7.72. The smallest absolute Gasteiger partial charge is 0.325 e. The van der Waals surface area contributed by atoms with Crippen LogP contribution in [0.25, 0.3) is 0 Å². The van der Waals surface area contributed by atoms with E-state index in [1.807, 2.05) is 30.3 Å². The summed E-state index contributed by atoms with van der Waals surface area (Å²) in [4.78, 5) is 22.0. The summed E-state index contributed by atoms with van der Waals surface area (Å²) < 4.78 is 4.39.